The van der Waals surface area contributed by atoms with Gasteiger partial charge in [0.05, 0.1) is 26.4 Å². The highest BCUT2D eigenvalue weighted by Crippen LogP contribution is 2.14. The van der Waals surface area contributed by atoms with E-state index in [1.807, 2.05) is 0 Å². The Kier molecular flexibility index (Phi) is 7.49. The van der Waals surface area contributed by atoms with Gasteiger partial charge in [0.1, 0.15) is 11.9 Å². The minimum Gasteiger partial charge on any atom is -0.497 e. The van der Waals surface area contributed by atoms with E-state index in [1.165, 1.54) is 0 Å². The first kappa shape index (κ1) is 19.0. The van der Waals surface area contributed by atoms with Crippen LogP contribution < -0.4 is 20.9 Å². The Morgan fingerprint density at radius 2 is 2.04 bits per heavy atom. The van der Waals surface area contributed by atoms with E-state index in [1.54, 1.807) is 38.3 Å². The van der Waals surface area contributed by atoms with E-state index in [9.17, 15) is 9.59 Å². The van der Waals surface area contributed by atoms with E-state index in [0.717, 1.165) is 30.9 Å². The maximum Gasteiger partial charge on any atom is 0.267 e. The van der Waals surface area contributed by atoms with Crippen LogP contribution in [0.3, 0.4) is 0 Å². The van der Waals surface area contributed by atoms with Crippen LogP contribution >= 0.6 is 0 Å². The molecule has 0 aliphatic carbocycles. The minimum absolute atomic E-state index is 0.0256. The average Bonchev–Trinajstić information content (AvgIpc) is 3.16. The Balaban J connectivity index is 1.61. The molecule has 25 heavy (non-hydrogen) atoms. The number of rotatable bonds is 8. The molecule has 8 nitrogen and oxygen atoms in total. The van der Waals surface area contributed by atoms with Gasteiger partial charge in [0, 0.05) is 12.3 Å². The van der Waals surface area contributed by atoms with E-state index in [-0.39, 0.29) is 18.6 Å². The van der Waals surface area contributed by atoms with Crippen LogP contribution in [0.1, 0.15) is 19.8 Å². The van der Waals surface area contributed by atoms with Crippen molar-refractivity contribution in [3.05, 3.63) is 24.3 Å². The van der Waals surface area contributed by atoms with E-state index < -0.39 is 12.0 Å². The van der Waals surface area contributed by atoms with Gasteiger partial charge in [0.2, 0.25) is 0 Å². The van der Waals surface area contributed by atoms with Crippen molar-refractivity contribution in [2.45, 2.75) is 32.0 Å². The highest BCUT2D eigenvalue weighted by Gasteiger charge is 2.20. The summed E-state index contributed by atoms with van der Waals surface area (Å²) in [5.74, 6) is -0.0365. The number of ether oxygens (including phenoxy) is 3. The lowest BCUT2D eigenvalue weighted by molar-refractivity contribution is -0.137. The maximum atomic E-state index is 11.9. The first-order chi connectivity index (χ1) is 12.1. The third-order valence-corrected chi connectivity index (χ3v) is 3.79. The van der Waals surface area contributed by atoms with Crippen LogP contribution in [-0.2, 0) is 19.1 Å². The van der Waals surface area contributed by atoms with Gasteiger partial charge in [-0.15, -0.1) is 0 Å². The minimum atomic E-state index is -0.668. The summed E-state index contributed by atoms with van der Waals surface area (Å²) in [4.78, 5) is 23.6. The van der Waals surface area contributed by atoms with Crippen LogP contribution in [0.2, 0.25) is 0 Å². The molecule has 0 radical (unpaired) electrons. The van der Waals surface area contributed by atoms with Crippen molar-refractivity contribution in [3.8, 4) is 5.75 Å². The molecule has 1 saturated heterocycles. The largest absolute Gasteiger partial charge is 0.497 e. The molecule has 2 atom stereocenters. The second kappa shape index (κ2) is 9.85. The number of hydrogen-bond donors (Lipinski definition) is 3. The van der Waals surface area contributed by atoms with Gasteiger partial charge in [0.15, 0.2) is 0 Å². The molecule has 0 spiro atoms. The zero-order valence-corrected chi connectivity index (χ0v) is 14.5. The molecule has 1 aliphatic heterocycles. The fraction of sp³-hybridized carbons (Fsp3) is 0.529. The number of benzene rings is 1. The topological polar surface area (TPSA) is 97.9 Å². The van der Waals surface area contributed by atoms with Crippen molar-refractivity contribution < 1.29 is 23.8 Å². The molecule has 2 unspecified atom stereocenters. The first-order valence-corrected chi connectivity index (χ1v) is 8.28. The second-order valence-corrected chi connectivity index (χ2v) is 5.73. The SMILES string of the molecule is COc1ccc(NCC(=O)NNC(=O)C(C)OCC2CCCO2)cc1. The summed E-state index contributed by atoms with van der Waals surface area (Å²) >= 11 is 0. The zero-order chi connectivity index (χ0) is 18.1. The van der Waals surface area contributed by atoms with Crippen LogP contribution in [0.15, 0.2) is 24.3 Å². The Morgan fingerprint density at radius 3 is 2.68 bits per heavy atom. The van der Waals surface area contributed by atoms with Crippen molar-refractivity contribution in [3.63, 3.8) is 0 Å². The van der Waals surface area contributed by atoms with Crippen molar-refractivity contribution in [1.29, 1.82) is 0 Å². The molecule has 8 heteroatoms. The second-order valence-electron chi connectivity index (χ2n) is 5.73. The molecule has 0 saturated carbocycles. The zero-order valence-electron chi connectivity index (χ0n) is 14.5. The third kappa shape index (κ3) is 6.60. The molecule has 1 heterocycles. The van der Waals surface area contributed by atoms with Crippen molar-refractivity contribution in [2.24, 2.45) is 0 Å². The predicted molar refractivity (Wildman–Crippen MR) is 92.2 cm³/mol. The third-order valence-electron chi connectivity index (χ3n) is 3.79. The van der Waals surface area contributed by atoms with Gasteiger partial charge in [-0.25, -0.2) is 0 Å². The van der Waals surface area contributed by atoms with Crippen LogP contribution in [0.25, 0.3) is 0 Å². The van der Waals surface area contributed by atoms with E-state index in [2.05, 4.69) is 16.2 Å². The fourth-order valence-corrected chi connectivity index (χ4v) is 2.27. The molecule has 2 rings (SSSR count). The van der Waals surface area contributed by atoms with Gasteiger partial charge >= 0.3 is 0 Å². The molecule has 1 aliphatic rings. The Labute approximate surface area is 147 Å². The molecule has 1 fully saturated rings. The number of nitrogens with one attached hydrogen (secondary N) is 3. The molecular weight excluding hydrogens is 326 g/mol. The van der Waals surface area contributed by atoms with Gasteiger partial charge in [-0.2, -0.15) is 0 Å². The standard InChI is InChI=1S/C17H25N3O5/c1-12(25-11-15-4-3-9-24-15)17(22)20-19-16(21)10-18-13-5-7-14(23-2)8-6-13/h5-8,12,15,18H,3-4,9-11H2,1-2H3,(H,19,21)(H,20,22). The molecule has 138 valence electrons. The highest BCUT2D eigenvalue weighted by atomic mass is 16.5. The normalized spacial score (nSPS) is 17.6. The number of methoxy groups -OCH3 is 1. The van der Waals surface area contributed by atoms with Crippen molar-refractivity contribution >= 4 is 17.5 Å². The summed E-state index contributed by atoms with van der Waals surface area (Å²) < 4.78 is 15.9. The van der Waals surface area contributed by atoms with Gasteiger partial charge in [-0.05, 0) is 44.0 Å². The van der Waals surface area contributed by atoms with E-state index in [0.29, 0.717) is 6.61 Å². The maximum absolute atomic E-state index is 11.9. The summed E-state index contributed by atoms with van der Waals surface area (Å²) in [6, 6.07) is 7.17. The Morgan fingerprint density at radius 1 is 1.28 bits per heavy atom. The number of carbonyl (C=O) groups is 2. The lowest BCUT2D eigenvalue weighted by Gasteiger charge is -2.16. The molecule has 0 aromatic heterocycles. The summed E-state index contributed by atoms with van der Waals surface area (Å²) in [6.07, 6.45) is 1.35. The number of amides is 2. The van der Waals surface area contributed by atoms with Gasteiger partial charge in [0.25, 0.3) is 11.8 Å². The monoisotopic (exact) mass is 351 g/mol. The lowest BCUT2D eigenvalue weighted by Crippen LogP contribution is -2.48. The summed E-state index contributed by atoms with van der Waals surface area (Å²) in [5.41, 5.74) is 5.47. The molecule has 1 aromatic carbocycles. The predicted octanol–water partition coefficient (Wildman–Crippen LogP) is 0.839. The molecule has 1 aromatic rings. The van der Waals surface area contributed by atoms with Crippen LogP contribution in [0.5, 0.6) is 5.75 Å². The van der Waals surface area contributed by atoms with Gasteiger partial charge in [-0.1, -0.05) is 0 Å². The lowest BCUT2D eigenvalue weighted by atomic mass is 10.2. The van der Waals surface area contributed by atoms with Crippen LogP contribution in [0.4, 0.5) is 5.69 Å². The first-order valence-electron chi connectivity index (χ1n) is 8.28. The quantitative estimate of drug-likeness (QED) is 0.601. The van der Waals surface area contributed by atoms with Crippen molar-refractivity contribution in [1.82, 2.24) is 10.9 Å². The number of anilines is 1. The fourth-order valence-electron chi connectivity index (χ4n) is 2.27. The average molecular weight is 351 g/mol. The van der Waals surface area contributed by atoms with E-state index in [4.69, 9.17) is 14.2 Å². The van der Waals surface area contributed by atoms with Crippen LogP contribution in [-0.4, -0.2) is 50.9 Å². The van der Waals surface area contributed by atoms with Crippen LogP contribution in [0, 0.1) is 0 Å². The van der Waals surface area contributed by atoms with Gasteiger partial charge in [-0.3, -0.25) is 20.4 Å². The smallest absolute Gasteiger partial charge is 0.267 e. The summed E-state index contributed by atoms with van der Waals surface area (Å²) in [5, 5.41) is 2.94. The summed E-state index contributed by atoms with van der Waals surface area (Å²) in [7, 11) is 1.59. The van der Waals surface area contributed by atoms with Crippen molar-refractivity contribution in [2.75, 3.05) is 32.2 Å². The number of hydrogen-bond acceptors (Lipinski definition) is 6. The molecule has 0 bridgehead atoms. The number of hydrazine groups is 1. The number of carbonyl (C=O) groups excluding carboxylic acids is 2. The Bertz CT molecular complexity index is 558. The Hall–Kier alpha value is -2.32. The highest BCUT2D eigenvalue weighted by molar-refractivity contribution is 5.86. The molecule has 3 N–H and O–H groups in total. The summed E-state index contributed by atoms with van der Waals surface area (Å²) in [6.45, 7) is 2.78. The van der Waals surface area contributed by atoms with Gasteiger partial charge < -0.3 is 19.5 Å². The van der Waals surface area contributed by atoms with E-state index >= 15 is 0 Å². The molecular formula is C17H25N3O5. The molecule has 2 amide bonds.